The average Bonchev–Trinajstić information content (AvgIpc) is 2.20. The standard InChI is InChI=1S/C9H14N2.C2H6/c1-4-8-7-11(3)6-5-9(8)10-2;1-2/h4H,1-2,5-7H2,3H3;1-2H3. The van der Waals surface area contributed by atoms with Crippen LogP contribution in [0.3, 0.4) is 0 Å². The van der Waals surface area contributed by atoms with E-state index in [0.717, 1.165) is 25.2 Å². The Morgan fingerprint density at radius 2 is 2.08 bits per heavy atom. The summed E-state index contributed by atoms with van der Waals surface area (Å²) in [7, 11) is 2.10. The van der Waals surface area contributed by atoms with Gasteiger partial charge in [-0.05, 0) is 19.3 Å². The largest absolute Gasteiger partial charge is 0.302 e. The summed E-state index contributed by atoms with van der Waals surface area (Å²) in [6, 6.07) is 0. The third-order valence-corrected chi connectivity index (χ3v) is 1.98. The predicted octanol–water partition coefficient (Wildman–Crippen LogP) is 2.49. The summed E-state index contributed by atoms with van der Waals surface area (Å²) in [6.45, 7) is 13.3. The van der Waals surface area contributed by atoms with Gasteiger partial charge in [-0.15, -0.1) is 0 Å². The second-order valence-corrected chi connectivity index (χ2v) is 2.82. The van der Waals surface area contributed by atoms with Gasteiger partial charge in [-0.2, -0.15) is 0 Å². The highest BCUT2D eigenvalue weighted by Gasteiger charge is 2.12. The number of aliphatic imine (C=N–C) groups is 1. The van der Waals surface area contributed by atoms with Crippen LogP contribution in [0.4, 0.5) is 0 Å². The van der Waals surface area contributed by atoms with Gasteiger partial charge in [0.25, 0.3) is 0 Å². The van der Waals surface area contributed by atoms with Gasteiger partial charge < -0.3 is 4.90 Å². The monoisotopic (exact) mass is 180 g/mol. The van der Waals surface area contributed by atoms with Gasteiger partial charge in [0.15, 0.2) is 0 Å². The van der Waals surface area contributed by atoms with Gasteiger partial charge in [-0.25, -0.2) is 0 Å². The lowest BCUT2D eigenvalue weighted by Gasteiger charge is -2.23. The van der Waals surface area contributed by atoms with Crippen molar-refractivity contribution in [2.45, 2.75) is 20.3 Å². The molecular weight excluding hydrogens is 160 g/mol. The molecule has 1 rings (SSSR count). The third-order valence-electron chi connectivity index (χ3n) is 1.98. The van der Waals surface area contributed by atoms with Crippen molar-refractivity contribution in [2.75, 3.05) is 20.1 Å². The Bertz CT molecular complexity index is 204. The van der Waals surface area contributed by atoms with E-state index in [1.807, 2.05) is 19.9 Å². The summed E-state index contributed by atoms with van der Waals surface area (Å²) in [5.41, 5.74) is 2.33. The van der Waals surface area contributed by atoms with Crippen LogP contribution in [-0.2, 0) is 0 Å². The van der Waals surface area contributed by atoms with E-state index in [9.17, 15) is 0 Å². The molecule has 0 aliphatic carbocycles. The first-order chi connectivity index (χ1) is 6.27. The topological polar surface area (TPSA) is 15.6 Å². The first-order valence-corrected chi connectivity index (χ1v) is 4.77. The molecule has 1 aliphatic rings. The molecule has 0 radical (unpaired) electrons. The van der Waals surface area contributed by atoms with E-state index in [0.29, 0.717) is 0 Å². The molecule has 0 aromatic carbocycles. The summed E-state index contributed by atoms with van der Waals surface area (Å²) in [5.74, 6) is 0. The summed E-state index contributed by atoms with van der Waals surface area (Å²) < 4.78 is 0. The normalized spacial score (nSPS) is 17.5. The fraction of sp³-hybridized carbons (Fsp3) is 0.545. The quantitative estimate of drug-likeness (QED) is 0.596. The zero-order valence-electron chi connectivity index (χ0n) is 9.01. The van der Waals surface area contributed by atoms with Crippen molar-refractivity contribution in [1.29, 1.82) is 0 Å². The van der Waals surface area contributed by atoms with Crippen LogP contribution < -0.4 is 0 Å². The number of hydrogen-bond donors (Lipinski definition) is 0. The average molecular weight is 180 g/mol. The molecule has 2 nitrogen and oxygen atoms in total. The molecule has 0 atom stereocenters. The van der Waals surface area contributed by atoms with Gasteiger partial charge in [-0.3, -0.25) is 4.99 Å². The zero-order chi connectivity index (χ0) is 10.3. The van der Waals surface area contributed by atoms with Crippen molar-refractivity contribution in [1.82, 2.24) is 4.90 Å². The lowest BCUT2D eigenvalue weighted by Crippen LogP contribution is -2.26. The second kappa shape index (κ2) is 6.61. The van der Waals surface area contributed by atoms with Crippen LogP contribution in [0, 0.1) is 0 Å². The van der Waals surface area contributed by atoms with Crippen molar-refractivity contribution in [3.63, 3.8) is 0 Å². The van der Waals surface area contributed by atoms with Gasteiger partial charge >= 0.3 is 0 Å². The van der Waals surface area contributed by atoms with Crippen LogP contribution in [0.2, 0.25) is 0 Å². The molecule has 2 heteroatoms. The fourth-order valence-electron chi connectivity index (χ4n) is 1.28. The van der Waals surface area contributed by atoms with Gasteiger partial charge in [0, 0.05) is 25.2 Å². The zero-order valence-corrected chi connectivity index (χ0v) is 9.01. The smallest absolute Gasteiger partial charge is 0.0453 e. The summed E-state index contributed by atoms with van der Waals surface area (Å²) in [4.78, 5) is 6.22. The Hall–Kier alpha value is -0.890. The molecule has 0 aromatic rings. The molecule has 0 unspecified atom stereocenters. The maximum absolute atomic E-state index is 3.97. The molecular formula is C11H20N2. The van der Waals surface area contributed by atoms with E-state index >= 15 is 0 Å². The molecule has 74 valence electrons. The number of rotatable bonds is 2. The molecule has 0 amide bonds. The van der Waals surface area contributed by atoms with Gasteiger partial charge in [0.1, 0.15) is 0 Å². The van der Waals surface area contributed by atoms with Crippen LogP contribution in [-0.4, -0.2) is 31.8 Å². The molecule has 0 N–H and O–H groups in total. The lowest BCUT2D eigenvalue weighted by atomic mass is 10.1. The van der Waals surface area contributed by atoms with Crippen molar-refractivity contribution in [3.8, 4) is 0 Å². The third kappa shape index (κ3) is 3.55. The Morgan fingerprint density at radius 3 is 2.54 bits per heavy atom. The lowest BCUT2D eigenvalue weighted by molar-refractivity contribution is 0.351. The van der Waals surface area contributed by atoms with Crippen molar-refractivity contribution >= 4 is 6.72 Å². The minimum absolute atomic E-state index is 0.956. The predicted molar refractivity (Wildman–Crippen MR) is 60.2 cm³/mol. The Morgan fingerprint density at radius 1 is 1.46 bits per heavy atom. The molecule has 0 fully saturated rings. The molecule has 1 heterocycles. The number of nitrogens with zero attached hydrogens (tertiary/aromatic N) is 2. The van der Waals surface area contributed by atoms with Crippen LogP contribution in [0.25, 0.3) is 0 Å². The maximum Gasteiger partial charge on any atom is 0.0453 e. The van der Waals surface area contributed by atoms with Gasteiger partial charge in [0.2, 0.25) is 0 Å². The van der Waals surface area contributed by atoms with Crippen LogP contribution in [0.5, 0.6) is 0 Å². The first kappa shape index (κ1) is 12.1. The van der Waals surface area contributed by atoms with Crippen molar-refractivity contribution < 1.29 is 0 Å². The minimum atomic E-state index is 0.956. The van der Waals surface area contributed by atoms with Gasteiger partial charge in [-0.1, -0.05) is 26.5 Å². The Balaban J connectivity index is 0.000000671. The van der Waals surface area contributed by atoms with E-state index in [2.05, 4.69) is 30.2 Å². The fourth-order valence-corrected chi connectivity index (χ4v) is 1.28. The van der Waals surface area contributed by atoms with E-state index in [1.165, 1.54) is 5.57 Å². The second-order valence-electron chi connectivity index (χ2n) is 2.82. The molecule has 0 spiro atoms. The van der Waals surface area contributed by atoms with E-state index in [1.54, 1.807) is 0 Å². The van der Waals surface area contributed by atoms with E-state index in [-0.39, 0.29) is 0 Å². The molecule has 0 aromatic heterocycles. The Kier molecular flexibility index (Phi) is 6.15. The molecule has 0 saturated heterocycles. The molecule has 0 bridgehead atoms. The number of hydrogen-bond acceptors (Lipinski definition) is 2. The van der Waals surface area contributed by atoms with Crippen molar-refractivity contribution in [3.05, 3.63) is 23.9 Å². The highest BCUT2D eigenvalue weighted by Crippen LogP contribution is 2.17. The SMILES string of the molecule is C=CC1=C(N=C)CCN(C)C1.CC. The summed E-state index contributed by atoms with van der Waals surface area (Å²) in [6.07, 6.45) is 2.88. The van der Waals surface area contributed by atoms with Crippen LogP contribution in [0.15, 0.2) is 28.9 Å². The van der Waals surface area contributed by atoms with E-state index < -0.39 is 0 Å². The summed E-state index contributed by atoms with van der Waals surface area (Å²) in [5, 5.41) is 0. The Labute approximate surface area is 81.7 Å². The first-order valence-electron chi connectivity index (χ1n) is 4.77. The molecule has 13 heavy (non-hydrogen) atoms. The highest BCUT2D eigenvalue weighted by atomic mass is 15.1. The van der Waals surface area contributed by atoms with Crippen LogP contribution in [0.1, 0.15) is 20.3 Å². The van der Waals surface area contributed by atoms with Gasteiger partial charge in [0.05, 0.1) is 0 Å². The minimum Gasteiger partial charge on any atom is -0.302 e. The van der Waals surface area contributed by atoms with Crippen LogP contribution >= 0.6 is 0 Å². The summed E-state index contributed by atoms with van der Waals surface area (Å²) >= 11 is 0. The van der Waals surface area contributed by atoms with E-state index in [4.69, 9.17) is 0 Å². The molecule has 1 aliphatic heterocycles. The molecule has 0 saturated carbocycles. The van der Waals surface area contributed by atoms with Crippen molar-refractivity contribution in [2.24, 2.45) is 4.99 Å². The highest BCUT2D eigenvalue weighted by molar-refractivity contribution is 5.35. The maximum atomic E-state index is 3.97. The number of likely N-dealkylation sites (N-methyl/N-ethyl adjacent to an activating group) is 1.